The summed E-state index contributed by atoms with van der Waals surface area (Å²) in [7, 11) is 1.60. The number of hydrogen-bond donors (Lipinski definition) is 1. The SMILES string of the molecule is CNC(=O)[C@H]1CN(Cc2c(Cl)cccc2Cl)c2ccccc2O1. The first kappa shape index (κ1) is 16.0. The third kappa shape index (κ3) is 3.23. The van der Waals surface area contributed by atoms with Gasteiger partial charge >= 0.3 is 0 Å². The van der Waals surface area contributed by atoms with Crippen molar-refractivity contribution in [2.24, 2.45) is 0 Å². The molecule has 1 aliphatic rings. The molecule has 1 amide bonds. The molecule has 2 aromatic carbocycles. The van der Waals surface area contributed by atoms with E-state index in [1.807, 2.05) is 42.5 Å². The third-order valence-electron chi connectivity index (χ3n) is 3.81. The zero-order chi connectivity index (χ0) is 16.4. The molecule has 2 aromatic rings. The first-order chi connectivity index (χ1) is 11.1. The lowest BCUT2D eigenvalue weighted by Crippen LogP contribution is -2.48. The van der Waals surface area contributed by atoms with Gasteiger partial charge in [0.25, 0.3) is 5.91 Å². The third-order valence-corrected chi connectivity index (χ3v) is 4.52. The number of nitrogens with one attached hydrogen (secondary N) is 1. The van der Waals surface area contributed by atoms with Gasteiger partial charge in [0, 0.05) is 29.2 Å². The average Bonchev–Trinajstić information content (AvgIpc) is 2.57. The summed E-state index contributed by atoms with van der Waals surface area (Å²) in [4.78, 5) is 14.1. The largest absolute Gasteiger partial charge is 0.477 e. The van der Waals surface area contributed by atoms with E-state index >= 15 is 0 Å². The summed E-state index contributed by atoms with van der Waals surface area (Å²) >= 11 is 12.6. The molecule has 23 heavy (non-hydrogen) atoms. The highest BCUT2D eigenvalue weighted by molar-refractivity contribution is 6.36. The van der Waals surface area contributed by atoms with Gasteiger partial charge in [0.05, 0.1) is 12.2 Å². The van der Waals surface area contributed by atoms with Gasteiger partial charge in [-0.1, -0.05) is 41.4 Å². The molecule has 1 heterocycles. The molecule has 0 fully saturated rings. The highest BCUT2D eigenvalue weighted by atomic mass is 35.5. The Bertz CT molecular complexity index is 716. The second-order valence-corrected chi connectivity index (χ2v) is 6.08. The standard InChI is InChI=1S/C17H16Cl2N2O2/c1-20-17(22)16-10-21(14-7-2-3-8-15(14)23-16)9-11-12(18)5-4-6-13(11)19/h2-8,16H,9-10H2,1H3,(H,20,22)/t16-/m1/s1. The lowest BCUT2D eigenvalue weighted by atomic mass is 10.1. The lowest BCUT2D eigenvalue weighted by molar-refractivity contribution is -0.127. The van der Waals surface area contributed by atoms with Crippen LogP contribution in [0.25, 0.3) is 0 Å². The van der Waals surface area contributed by atoms with E-state index in [-0.39, 0.29) is 5.91 Å². The van der Waals surface area contributed by atoms with Gasteiger partial charge in [0.15, 0.2) is 6.10 Å². The predicted molar refractivity (Wildman–Crippen MR) is 92.4 cm³/mol. The monoisotopic (exact) mass is 350 g/mol. The Balaban J connectivity index is 1.95. The minimum absolute atomic E-state index is 0.158. The molecular formula is C17H16Cl2N2O2. The van der Waals surface area contributed by atoms with E-state index < -0.39 is 6.10 Å². The molecule has 0 saturated heterocycles. The number of anilines is 1. The summed E-state index contributed by atoms with van der Waals surface area (Å²) in [6, 6.07) is 13.1. The van der Waals surface area contributed by atoms with E-state index in [0.717, 1.165) is 11.3 Å². The van der Waals surface area contributed by atoms with Gasteiger partial charge in [-0.15, -0.1) is 0 Å². The van der Waals surface area contributed by atoms with Crippen LogP contribution >= 0.6 is 23.2 Å². The minimum Gasteiger partial charge on any atom is -0.477 e. The Kier molecular flexibility index (Phi) is 4.64. The molecule has 6 heteroatoms. The van der Waals surface area contributed by atoms with Crippen LogP contribution in [0.3, 0.4) is 0 Å². The van der Waals surface area contributed by atoms with Crippen LogP contribution in [0, 0.1) is 0 Å². The maximum atomic E-state index is 12.0. The van der Waals surface area contributed by atoms with Gasteiger partial charge in [-0.25, -0.2) is 0 Å². The van der Waals surface area contributed by atoms with Crippen LogP contribution in [0.5, 0.6) is 5.75 Å². The maximum absolute atomic E-state index is 12.0. The summed E-state index contributed by atoms with van der Waals surface area (Å²) in [6.07, 6.45) is -0.573. The molecule has 0 spiro atoms. The molecule has 0 aromatic heterocycles. The number of carbonyl (C=O) groups excluding carboxylic acids is 1. The molecule has 4 nitrogen and oxygen atoms in total. The number of hydrogen-bond acceptors (Lipinski definition) is 3. The number of likely N-dealkylation sites (N-methyl/N-ethyl adjacent to an activating group) is 1. The smallest absolute Gasteiger partial charge is 0.262 e. The van der Waals surface area contributed by atoms with Gasteiger partial charge < -0.3 is 15.0 Å². The van der Waals surface area contributed by atoms with Crippen LogP contribution in [0.15, 0.2) is 42.5 Å². The number of amides is 1. The van der Waals surface area contributed by atoms with Crippen LogP contribution < -0.4 is 15.0 Å². The molecule has 1 N–H and O–H groups in total. The summed E-state index contributed by atoms with van der Waals surface area (Å²) < 4.78 is 5.79. The number of benzene rings is 2. The number of rotatable bonds is 3. The van der Waals surface area contributed by atoms with Crippen molar-refractivity contribution < 1.29 is 9.53 Å². The molecule has 0 radical (unpaired) electrons. The molecular weight excluding hydrogens is 335 g/mol. The molecule has 1 atom stereocenters. The van der Waals surface area contributed by atoms with Crippen molar-refractivity contribution in [2.45, 2.75) is 12.6 Å². The highest BCUT2D eigenvalue weighted by Gasteiger charge is 2.30. The van der Waals surface area contributed by atoms with Crippen LogP contribution in [0.2, 0.25) is 10.0 Å². The summed E-state index contributed by atoms with van der Waals surface area (Å²) in [5.74, 6) is 0.519. The van der Waals surface area contributed by atoms with Crippen molar-refractivity contribution in [1.29, 1.82) is 0 Å². The Morgan fingerprint density at radius 2 is 1.91 bits per heavy atom. The predicted octanol–water partition coefficient (Wildman–Crippen LogP) is 3.51. The van der Waals surface area contributed by atoms with E-state index in [9.17, 15) is 4.79 Å². The van der Waals surface area contributed by atoms with Crippen LogP contribution in [0.4, 0.5) is 5.69 Å². The number of nitrogens with zero attached hydrogens (tertiary/aromatic N) is 1. The van der Waals surface area contributed by atoms with E-state index in [4.69, 9.17) is 27.9 Å². The molecule has 0 saturated carbocycles. The second kappa shape index (κ2) is 6.69. The van der Waals surface area contributed by atoms with Gasteiger partial charge in [0.2, 0.25) is 0 Å². The van der Waals surface area contributed by atoms with Crippen molar-refractivity contribution in [2.75, 3.05) is 18.5 Å². The van der Waals surface area contributed by atoms with Crippen molar-refractivity contribution in [1.82, 2.24) is 5.32 Å². The Morgan fingerprint density at radius 1 is 1.22 bits per heavy atom. The molecule has 120 valence electrons. The summed E-state index contributed by atoms with van der Waals surface area (Å²) in [5, 5.41) is 3.85. The number of halogens is 2. The fourth-order valence-corrected chi connectivity index (χ4v) is 3.15. The Morgan fingerprint density at radius 3 is 2.61 bits per heavy atom. The quantitative estimate of drug-likeness (QED) is 0.920. The zero-order valence-electron chi connectivity index (χ0n) is 12.6. The van der Waals surface area contributed by atoms with Gasteiger partial charge in [-0.05, 0) is 24.3 Å². The van der Waals surface area contributed by atoms with E-state index in [2.05, 4.69) is 10.2 Å². The fraction of sp³-hybridized carbons (Fsp3) is 0.235. The first-order valence-electron chi connectivity index (χ1n) is 7.25. The van der Waals surface area contributed by atoms with E-state index in [1.165, 1.54) is 0 Å². The van der Waals surface area contributed by atoms with Gasteiger partial charge in [0.1, 0.15) is 5.75 Å². The molecule has 1 aliphatic heterocycles. The van der Waals surface area contributed by atoms with E-state index in [0.29, 0.717) is 28.9 Å². The molecule has 0 bridgehead atoms. The zero-order valence-corrected chi connectivity index (χ0v) is 14.1. The molecule has 3 rings (SSSR count). The Hall–Kier alpha value is -1.91. The lowest BCUT2D eigenvalue weighted by Gasteiger charge is -2.35. The number of fused-ring (bicyclic) bond motifs is 1. The fourth-order valence-electron chi connectivity index (χ4n) is 2.63. The Labute approximate surface area is 144 Å². The first-order valence-corrected chi connectivity index (χ1v) is 8.01. The normalized spacial score (nSPS) is 16.5. The number of carbonyl (C=O) groups is 1. The van der Waals surface area contributed by atoms with Gasteiger partial charge in [-0.2, -0.15) is 0 Å². The van der Waals surface area contributed by atoms with Crippen molar-refractivity contribution in [3.05, 3.63) is 58.1 Å². The summed E-state index contributed by atoms with van der Waals surface area (Å²) in [5.41, 5.74) is 1.76. The van der Waals surface area contributed by atoms with Crippen molar-refractivity contribution >= 4 is 34.8 Å². The molecule has 0 unspecified atom stereocenters. The summed E-state index contributed by atoms with van der Waals surface area (Å²) in [6.45, 7) is 0.935. The van der Waals surface area contributed by atoms with Crippen LogP contribution in [-0.4, -0.2) is 25.6 Å². The average molecular weight is 351 g/mol. The van der Waals surface area contributed by atoms with Crippen LogP contribution in [0.1, 0.15) is 5.56 Å². The van der Waals surface area contributed by atoms with E-state index in [1.54, 1.807) is 7.05 Å². The molecule has 0 aliphatic carbocycles. The van der Waals surface area contributed by atoms with Crippen molar-refractivity contribution in [3.8, 4) is 5.75 Å². The second-order valence-electron chi connectivity index (χ2n) is 5.27. The number of ether oxygens (including phenoxy) is 1. The van der Waals surface area contributed by atoms with Crippen LogP contribution in [-0.2, 0) is 11.3 Å². The van der Waals surface area contributed by atoms with Gasteiger partial charge in [-0.3, -0.25) is 4.79 Å². The topological polar surface area (TPSA) is 41.6 Å². The maximum Gasteiger partial charge on any atom is 0.262 e. The highest BCUT2D eigenvalue weighted by Crippen LogP contribution is 2.36. The van der Waals surface area contributed by atoms with Crippen molar-refractivity contribution in [3.63, 3.8) is 0 Å². The number of para-hydroxylation sites is 2. The minimum atomic E-state index is -0.573.